The van der Waals surface area contributed by atoms with E-state index < -0.39 is 10.8 Å². The molecule has 21 heavy (non-hydrogen) atoms. The molecule has 1 atom stereocenters. The van der Waals surface area contributed by atoms with Crippen molar-refractivity contribution < 1.29 is 9.00 Å². The second kappa shape index (κ2) is 7.89. The van der Waals surface area contributed by atoms with Crippen molar-refractivity contribution in [2.75, 3.05) is 5.75 Å². The summed E-state index contributed by atoms with van der Waals surface area (Å²) in [5.41, 5.74) is 3.02. The fourth-order valence-electron chi connectivity index (χ4n) is 2.22. The molecule has 0 amide bonds. The lowest BCUT2D eigenvalue weighted by atomic mass is 10.1. The number of carbonyl (C=O) groups is 1. The smallest absolute Gasteiger partial charge is 0.162 e. The molecule has 0 saturated carbocycles. The first-order valence-corrected chi connectivity index (χ1v) is 8.63. The number of benzene rings is 2. The van der Waals surface area contributed by atoms with Gasteiger partial charge in [-0.1, -0.05) is 60.2 Å². The van der Waals surface area contributed by atoms with Gasteiger partial charge in [-0.25, -0.2) is 0 Å². The zero-order valence-electron chi connectivity index (χ0n) is 12.2. The number of Topliss-reactive ketones (excluding diaryl/α,β-unsaturated/α-hetero) is 1. The van der Waals surface area contributed by atoms with E-state index >= 15 is 0 Å². The van der Waals surface area contributed by atoms with Crippen molar-refractivity contribution in [3.05, 3.63) is 71.3 Å². The Morgan fingerprint density at radius 2 is 1.81 bits per heavy atom. The molecule has 0 bridgehead atoms. The van der Waals surface area contributed by atoms with E-state index in [2.05, 4.69) is 6.07 Å². The Labute approximate surface area is 128 Å². The summed E-state index contributed by atoms with van der Waals surface area (Å²) in [4.78, 5) is 11.9. The molecule has 0 spiro atoms. The summed E-state index contributed by atoms with van der Waals surface area (Å²) < 4.78 is 12.0. The Bertz CT molecular complexity index is 620. The van der Waals surface area contributed by atoms with Gasteiger partial charge in [0, 0.05) is 34.3 Å². The van der Waals surface area contributed by atoms with Gasteiger partial charge >= 0.3 is 0 Å². The highest BCUT2D eigenvalue weighted by molar-refractivity contribution is 7.84. The van der Waals surface area contributed by atoms with E-state index in [1.807, 2.05) is 55.5 Å². The zero-order valence-corrected chi connectivity index (χ0v) is 13.1. The molecule has 0 aliphatic rings. The largest absolute Gasteiger partial charge is 0.294 e. The Kier molecular flexibility index (Phi) is 5.88. The average Bonchev–Trinajstić information content (AvgIpc) is 2.48. The molecule has 2 aromatic carbocycles. The lowest BCUT2D eigenvalue weighted by molar-refractivity contribution is 0.0982. The first-order valence-electron chi connectivity index (χ1n) is 7.14. The number of ketones is 1. The second-order valence-corrected chi connectivity index (χ2v) is 6.75. The molecule has 0 radical (unpaired) electrons. The molecule has 1 unspecified atom stereocenters. The lowest BCUT2D eigenvalue weighted by Gasteiger charge is -2.04. The van der Waals surface area contributed by atoms with Crippen molar-refractivity contribution in [2.45, 2.75) is 25.5 Å². The third kappa shape index (κ3) is 5.27. The molecule has 3 heteroatoms. The SMILES string of the molecule is Cc1cccc(CS(=O)CCCC(=O)c2ccccc2)c1. The van der Waals surface area contributed by atoms with Crippen LogP contribution in [0.15, 0.2) is 54.6 Å². The highest BCUT2D eigenvalue weighted by Crippen LogP contribution is 2.09. The Morgan fingerprint density at radius 3 is 2.52 bits per heavy atom. The standard InChI is InChI=1S/C18H20O2S/c1-15-7-5-8-16(13-15)14-21(20)12-6-11-18(19)17-9-3-2-4-10-17/h2-5,7-10,13H,6,11-12,14H2,1H3. The third-order valence-electron chi connectivity index (χ3n) is 3.28. The van der Waals surface area contributed by atoms with Gasteiger partial charge in [0.15, 0.2) is 5.78 Å². The average molecular weight is 300 g/mol. The second-order valence-electron chi connectivity index (χ2n) is 5.17. The van der Waals surface area contributed by atoms with Gasteiger partial charge < -0.3 is 0 Å². The minimum Gasteiger partial charge on any atom is -0.294 e. The van der Waals surface area contributed by atoms with E-state index in [1.54, 1.807) is 0 Å². The summed E-state index contributed by atoms with van der Waals surface area (Å²) in [6, 6.07) is 17.4. The van der Waals surface area contributed by atoms with Crippen LogP contribution in [0.5, 0.6) is 0 Å². The van der Waals surface area contributed by atoms with Gasteiger partial charge in [0.05, 0.1) is 0 Å². The molecule has 2 nitrogen and oxygen atoms in total. The Morgan fingerprint density at radius 1 is 1.05 bits per heavy atom. The zero-order chi connectivity index (χ0) is 15.1. The molecule has 0 saturated heterocycles. The van der Waals surface area contributed by atoms with Crippen molar-refractivity contribution in [3.63, 3.8) is 0 Å². The van der Waals surface area contributed by atoms with Crippen LogP contribution in [0.2, 0.25) is 0 Å². The molecule has 2 rings (SSSR count). The Hall–Kier alpha value is -1.74. The molecule has 110 valence electrons. The molecule has 0 fully saturated rings. The van der Waals surface area contributed by atoms with E-state index in [9.17, 15) is 9.00 Å². The fourth-order valence-corrected chi connectivity index (χ4v) is 3.38. The molecule has 2 aromatic rings. The van der Waals surface area contributed by atoms with Crippen LogP contribution in [0, 0.1) is 6.92 Å². The van der Waals surface area contributed by atoms with Crippen LogP contribution in [0.1, 0.15) is 34.3 Å². The maximum atomic E-state index is 12.0. The summed E-state index contributed by atoms with van der Waals surface area (Å²) in [6.45, 7) is 2.03. The number of rotatable bonds is 7. The molecule has 0 aliphatic heterocycles. The summed E-state index contributed by atoms with van der Waals surface area (Å²) in [5.74, 6) is 1.27. The molecular formula is C18H20O2S. The van der Waals surface area contributed by atoms with Gasteiger partial charge in [0.1, 0.15) is 0 Å². The van der Waals surface area contributed by atoms with E-state index in [0.717, 1.165) is 11.1 Å². The topological polar surface area (TPSA) is 34.1 Å². The van der Waals surface area contributed by atoms with Crippen molar-refractivity contribution in [1.29, 1.82) is 0 Å². The van der Waals surface area contributed by atoms with Crippen LogP contribution < -0.4 is 0 Å². The van der Waals surface area contributed by atoms with Crippen molar-refractivity contribution >= 4 is 16.6 Å². The predicted molar refractivity (Wildman–Crippen MR) is 87.9 cm³/mol. The van der Waals surface area contributed by atoms with E-state index in [0.29, 0.717) is 24.3 Å². The number of hydrogen-bond acceptors (Lipinski definition) is 2. The number of hydrogen-bond donors (Lipinski definition) is 0. The monoisotopic (exact) mass is 300 g/mol. The van der Waals surface area contributed by atoms with E-state index in [1.165, 1.54) is 5.56 Å². The molecule has 0 N–H and O–H groups in total. The summed E-state index contributed by atoms with van der Waals surface area (Å²) >= 11 is 0. The van der Waals surface area contributed by atoms with Crippen molar-refractivity contribution in [3.8, 4) is 0 Å². The molecule has 0 heterocycles. The van der Waals surface area contributed by atoms with Crippen LogP contribution in [-0.4, -0.2) is 15.7 Å². The lowest BCUT2D eigenvalue weighted by Crippen LogP contribution is -2.05. The molecular weight excluding hydrogens is 280 g/mol. The van der Waals surface area contributed by atoms with Gasteiger partial charge in [0.25, 0.3) is 0 Å². The van der Waals surface area contributed by atoms with Crippen LogP contribution in [0.3, 0.4) is 0 Å². The van der Waals surface area contributed by atoms with Gasteiger partial charge in [-0.2, -0.15) is 0 Å². The van der Waals surface area contributed by atoms with Crippen molar-refractivity contribution in [1.82, 2.24) is 0 Å². The predicted octanol–water partition coefficient (Wildman–Crippen LogP) is 3.91. The first-order chi connectivity index (χ1) is 10.1. The quantitative estimate of drug-likeness (QED) is 0.727. The van der Waals surface area contributed by atoms with Crippen LogP contribution in [-0.2, 0) is 16.6 Å². The summed E-state index contributed by atoms with van der Waals surface area (Å²) in [5, 5.41) is 0. The highest BCUT2D eigenvalue weighted by atomic mass is 32.2. The Balaban J connectivity index is 1.76. The van der Waals surface area contributed by atoms with Gasteiger partial charge in [0.2, 0.25) is 0 Å². The first kappa shape index (κ1) is 15.6. The fraction of sp³-hybridized carbons (Fsp3) is 0.278. The van der Waals surface area contributed by atoms with E-state index in [-0.39, 0.29) is 5.78 Å². The summed E-state index contributed by atoms with van der Waals surface area (Å²) in [6.07, 6.45) is 1.13. The van der Waals surface area contributed by atoms with Gasteiger partial charge in [-0.3, -0.25) is 9.00 Å². The molecule has 0 aromatic heterocycles. The summed E-state index contributed by atoms with van der Waals surface area (Å²) in [7, 11) is -0.904. The minimum atomic E-state index is -0.904. The molecule has 0 aliphatic carbocycles. The van der Waals surface area contributed by atoms with Crippen molar-refractivity contribution in [2.24, 2.45) is 0 Å². The van der Waals surface area contributed by atoms with E-state index in [4.69, 9.17) is 0 Å². The number of carbonyl (C=O) groups excluding carboxylic acids is 1. The van der Waals surface area contributed by atoms with Crippen LogP contribution in [0.25, 0.3) is 0 Å². The maximum absolute atomic E-state index is 12.0. The maximum Gasteiger partial charge on any atom is 0.162 e. The number of aryl methyl sites for hydroxylation is 1. The highest BCUT2D eigenvalue weighted by Gasteiger charge is 2.07. The minimum absolute atomic E-state index is 0.128. The van der Waals surface area contributed by atoms with Gasteiger partial charge in [-0.15, -0.1) is 0 Å². The van der Waals surface area contributed by atoms with Crippen LogP contribution in [0.4, 0.5) is 0 Å². The normalized spacial score (nSPS) is 12.0. The van der Waals surface area contributed by atoms with Crippen LogP contribution >= 0.6 is 0 Å². The third-order valence-corrected chi connectivity index (χ3v) is 4.68. The van der Waals surface area contributed by atoms with Gasteiger partial charge in [-0.05, 0) is 18.9 Å².